The second-order valence-electron chi connectivity index (χ2n) is 5.91. The molecule has 0 spiro atoms. The Morgan fingerprint density at radius 1 is 1.18 bits per heavy atom. The van der Waals surface area contributed by atoms with Crippen LogP contribution in [0.5, 0.6) is 5.75 Å². The molecule has 1 saturated heterocycles. The van der Waals surface area contributed by atoms with Crippen molar-refractivity contribution in [2.24, 2.45) is 5.73 Å². The van der Waals surface area contributed by atoms with E-state index >= 15 is 0 Å². The molecule has 0 amide bonds. The summed E-state index contributed by atoms with van der Waals surface area (Å²) in [5.41, 5.74) is 6.80. The fourth-order valence-electron chi connectivity index (χ4n) is 3.02. The number of nitrogens with zero attached hydrogens (tertiary/aromatic N) is 2. The van der Waals surface area contributed by atoms with Crippen LogP contribution in [-0.4, -0.2) is 50.4 Å². The van der Waals surface area contributed by atoms with E-state index in [1.807, 2.05) is 0 Å². The van der Waals surface area contributed by atoms with Gasteiger partial charge in [0.15, 0.2) is 0 Å². The van der Waals surface area contributed by atoms with Crippen LogP contribution in [0.1, 0.15) is 12.8 Å². The number of ether oxygens (including phenoxy) is 1. The zero-order valence-electron chi connectivity index (χ0n) is 13.1. The SMILES string of the molecule is NCCN1CCC(Oc2ccc(N3C=CCNC3)cc2)CC1. The maximum absolute atomic E-state index is 6.11. The number of likely N-dealkylation sites (tertiary alicyclic amines) is 1. The predicted molar refractivity (Wildman–Crippen MR) is 90.1 cm³/mol. The number of benzene rings is 1. The molecule has 2 aliphatic rings. The molecular formula is C17H26N4O. The summed E-state index contributed by atoms with van der Waals surface area (Å²) < 4.78 is 6.11. The fourth-order valence-corrected chi connectivity index (χ4v) is 3.02. The number of nitrogens with two attached hydrogens (primary N) is 1. The van der Waals surface area contributed by atoms with Crippen LogP contribution in [-0.2, 0) is 0 Å². The summed E-state index contributed by atoms with van der Waals surface area (Å²) in [6.07, 6.45) is 6.75. The smallest absolute Gasteiger partial charge is 0.119 e. The number of hydrogen-bond donors (Lipinski definition) is 2. The van der Waals surface area contributed by atoms with Crippen molar-refractivity contribution in [2.45, 2.75) is 18.9 Å². The van der Waals surface area contributed by atoms with Crippen molar-refractivity contribution in [3.05, 3.63) is 36.5 Å². The van der Waals surface area contributed by atoms with Crippen molar-refractivity contribution >= 4 is 5.69 Å². The lowest BCUT2D eigenvalue weighted by molar-refractivity contribution is 0.102. The molecule has 3 N–H and O–H groups in total. The molecule has 1 aromatic carbocycles. The topological polar surface area (TPSA) is 53.8 Å². The van der Waals surface area contributed by atoms with Gasteiger partial charge in [0.05, 0.1) is 6.67 Å². The quantitative estimate of drug-likeness (QED) is 0.860. The Balaban J connectivity index is 1.51. The van der Waals surface area contributed by atoms with Crippen molar-refractivity contribution in [3.63, 3.8) is 0 Å². The van der Waals surface area contributed by atoms with E-state index in [4.69, 9.17) is 10.5 Å². The minimum Gasteiger partial charge on any atom is -0.490 e. The molecule has 2 heterocycles. The highest BCUT2D eigenvalue weighted by Crippen LogP contribution is 2.23. The highest BCUT2D eigenvalue weighted by atomic mass is 16.5. The Morgan fingerprint density at radius 2 is 1.95 bits per heavy atom. The second kappa shape index (κ2) is 7.63. The lowest BCUT2D eigenvalue weighted by Gasteiger charge is -2.32. The number of piperidine rings is 1. The van der Waals surface area contributed by atoms with E-state index in [1.165, 1.54) is 5.69 Å². The number of anilines is 1. The van der Waals surface area contributed by atoms with E-state index < -0.39 is 0 Å². The highest BCUT2D eigenvalue weighted by molar-refractivity contribution is 5.51. The van der Waals surface area contributed by atoms with Gasteiger partial charge in [0.2, 0.25) is 0 Å². The first kappa shape index (κ1) is 15.3. The first-order chi connectivity index (χ1) is 10.8. The maximum Gasteiger partial charge on any atom is 0.119 e. The van der Waals surface area contributed by atoms with E-state index in [1.54, 1.807) is 0 Å². The minimum absolute atomic E-state index is 0.330. The zero-order valence-corrected chi connectivity index (χ0v) is 13.1. The van der Waals surface area contributed by atoms with Crippen LogP contribution in [0.15, 0.2) is 36.5 Å². The standard InChI is InChI=1S/C17H26N4O/c18-8-13-20-11-6-17(7-12-20)22-16-4-2-15(3-5-16)21-10-1-9-19-14-21/h1-5,10,17,19H,6-9,11-14,18H2. The molecule has 0 bridgehead atoms. The molecule has 1 aromatic rings. The molecule has 1 fully saturated rings. The van der Waals surface area contributed by atoms with Gasteiger partial charge in [-0.1, -0.05) is 6.08 Å². The van der Waals surface area contributed by atoms with Gasteiger partial charge in [-0.05, 0) is 37.1 Å². The Kier molecular flexibility index (Phi) is 5.32. The monoisotopic (exact) mass is 302 g/mol. The molecule has 3 rings (SSSR count). The van der Waals surface area contributed by atoms with Gasteiger partial charge >= 0.3 is 0 Å². The third-order valence-corrected chi connectivity index (χ3v) is 4.28. The molecule has 0 aromatic heterocycles. The van der Waals surface area contributed by atoms with Crippen molar-refractivity contribution < 1.29 is 4.74 Å². The lowest BCUT2D eigenvalue weighted by atomic mass is 10.1. The molecule has 22 heavy (non-hydrogen) atoms. The summed E-state index contributed by atoms with van der Waals surface area (Å²) in [5.74, 6) is 0.968. The van der Waals surface area contributed by atoms with Crippen molar-refractivity contribution in [2.75, 3.05) is 44.3 Å². The average molecular weight is 302 g/mol. The van der Waals surface area contributed by atoms with Crippen LogP contribution in [0.2, 0.25) is 0 Å². The maximum atomic E-state index is 6.11. The van der Waals surface area contributed by atoms with Crippen LogP contribution < -0.4 is 20.7 Å². The third kappa shape index (κ3) is 4.00. The first-order valence-electron chi connectivity index (χ1n) is 8.18. The molecule has 0 saturated carbocycles. The number of nitrogens with one attached hydrogen (secondary N) is 1. The normalized spacial score (nSPS) is 20.3. The molecule has 2 aliphatic heterocycles. The molecule has 0 aliphatic carbocycles. The molecular weight excluding hydrogens is 276 g/mol. The third-order valence-electron chi connectivity index (χ3n) is 4.28. The average Bonchev–Trinajstić information content (AvgIpc) is 2.58. The van der Waals surface area contributed by atoms with Crippen molar-refractivity contribution in [1.29, 1.82) is 0 Å². The van der Waals surface area contributed by atoms with Gasteiger partial charge in [-0.2, -0.15) is 0 Å². The summed E-state index contributed by atoms with van der Waals surface area (Å²) in [5, 5.41) is 3.32. The van der Waals surface area contributed by atoms with Gasteiger partial charge in [0.1, 0.15) is 11.9 Å². The number of hydrogen-bond acceptors (Lipinski definition) is 5. The van der Waals surface area contributed by atoms with Crippen molar-refractivity contribution in [1.82, 2.24) is 10.2 Å². The van der Waals surface area contributed by atoms with Crippen LogP contribution in [0, 0.1) is 0 Å². The van der Waals surface area contributed by atoms with Gasteiger partial charge in [-0.15, -0.1) is 0 Å². The summed E-state index contributed by atoms with van der Waals surface area (Å²) in [4.78, 5) is 4.61. The fraction of sp³-hybridized carbons (Fsp3) is 0.529. The Labute approximate surface area is 132 Å². The molecule has 0 atom stereocenters. The molecule has 5 nitrogen and oxygen atoms in total. The van der Waals surface area contributed by atoms with Crippen molar-refractivity contribution in [3.8, 4) is 5.75 Å². The van der Waals surface area contributed by atoms with Crippen LogP contribution >= 0.6 is 0 Å². The van der Waals surface area contributed by atoms with Gasteiger partial charge in [-0.3, -0.25) is 5.32 Å². The van der Waals surface area contributed by atoms with Gasteiger partial charge < -0.3 is 20.3 Å². The Hall–Kier alpha value is -1.56. The van der Waals surface area contributed by atoms with E-state index in [2.05, 4.69) is 51.7 Å². The zero-order chi connectivity index (χ0) is 15.2. The van der Waals surface area contributed by atoms with Gasteiger partial charge in [0, 0.05) is 44.6 Å². The highest BCUT2D eigenvalue weighted by Gasteiger charge is 2.19. The van der Waals surface area contributed by atoms with E-state index in [9.17, 15) is 0 Å². The minimum atomic E-state index is 0.330. The van der Waals surface area contributed by atoms with Gasteiger partial charge in [0.25, 0.3) is 0 Å². The summed E-state index contributed by atoms with van der Waals surface area (Å²) in [7, 11) is 0. The molecule has 5 heteroatoms. The molecule has 0 radical (unpaired) electrons. The Morgan fingerprint density at radius 3 is 2.59 bits per heavy atom. The van der Waals surface area contributed by atoms with Crippen LogP contribution in [0.25, 0.3) is 0 Å². The van der Waals surface area contributed by atoms with Gasteiger partial charge in [-0.25, -0.2) is 0 Å². The summed E-state index contributed by atoms with van der Waals surface area (Å²) in [6, 6.07) is 8.39. The second-order valence-corrected chi connectivity index (χ2v) is 5.91. The number of rotatable bonds is 5. The predicted octanol–water partition coefficient (Wildman–Crippen LogP) is 1.37. The molecule has 0 unspecified atom stereocenters. The largest absolute Gasteiger partial charge is 0.490 e. The van der Waals surface area contributed by atoms with E-state index in [0.717, 1.165) is 58.0 Å². The first-order valence-corrected chi connectivity index (χ1v) is 8.18. The molecule has 120 valence electrons. The van der Waals surface area contributed by atoms with E-state index in [0.29, 0.717) is 6.10 Å². The summed E-state index contributed by atoms with van der Waals surface area (Å²) >= 11 is 0. The Bertz CT molecular complexity index is 480. The lowest BCUT2D eigenvalue weighted by Crippen LogP contribution is -2.40. The summed E-state index contributed by atoms with van der Waals surface area (Å²) in [6.45, 7) is 5.72. The van der Waals surface area contributed by atoms with Crippen LogP contribution in [0.4, 0.5) is 5.69 Å². The van der Waals surface area contributed by atoms with E-state index in [-0.39, 0.29) is 0 Å². The van der Waals surface area contributed by atoms with Crippen LogP contribution in [0.3, 0.4) is 0 Å².